The van der Waals surface area contributed by atoms with Gasteiger partial charge in [-0.15, -0.1) is 0 Å². The van der Waals surface area contributed by atoms with Crippen molar-refractivity contribution in [2.75, 3.05) is 6.61 Å². The molecule has 0 spiro atoms. The van der Waals surface area contributed by atoms with Crippen LogP contribution in [0.15, 0.2) is 17.3 Å². The van der Waals surface area contributed by atoms with Gasteiger partial charge in [0.05, 0.1) is 19.3 Å². The predicted octanol–water partition coefficient (Wildman–Crippen LogP) is -0.696. The maximum Gasteiger partial charge on any atom is 0.265 e. The number of hydrogen-bond donors (Lipinski definition) is 1. The molecule has 2 aromatic heterocycles. The second-order valence-corrected chi connectivity index (χ2v) is 4.41. The van der Waals surface area contributed by atoms with Crippen LogP contribution < -0.4 is 5.56 Å². The van der Waals surface area contributed by atoms with Crippen molar-refractivity contribution < 1.29 is 14.7 Å². The molecule has 0 saturated heterocycles. The van der Waals surface area contributed by atoms with Gasteiger partial charge in [-0.3, -0.25) is 19.0 Å². The number of carbonyl (C=O) groups excluding carboxylic acids is 2. The van der Waals surface area contributed by atoms with Crippen molar-refractivity contribution in [3.05, 3.63) is 22.9 Å². The van der Waals surface area contributed by atoms with Crippen molar-refractivity contribution in [1.82, 2.24) is 19.3 Å². The van der Waals surface area contributed by atoms with Crippen LogP contribution in [-0.2, 0) is 16.1 Å². The molecule has 8 nitrogen and oxygen atoms in total. The molecule has 0 aromatic carbocycles. The van der Waals surface area contributed by atoms with Gasteiger partial charge in [0.1, 0.15) is 11.7 Å². The van der Waals surface area contributed by atoms with Crippen LogP contribution in [0.4, 0.5) is 0 Å². The van der Waals surface area contributed by atoms with Gasteiger partial charge < -0.3 is 5.11 Å². The molecule has 2 heterocycles. The normalized spacial score (nSPS) is 11.2. The van der Waals surface area contributed by atoms with E-state index >= 15 is 0 Å². The van der Waals surface area contributed by atoms with Crippen LogP contribution >= 0.6 is 0 Å². The van der Waals surface area contributed by atoms with E-state index in [0.29, 0.717) is 5.65 Å². The van der Waals surface area contributed by atoms with E-state index in [1.165, 1.54) is 24.7 Å². The lowest BCUT2D eigenvalue weighted by Crippen LogP contribution is -2.33. The zero-order valence-corrected chi connectivity index (χ0v) is 11.1. The zero-order valence-electron chi connectivity index (χ0n) is 11.1. The summed E-state index contributed by atoms with van der Waals surface area (Å²) in [6.45, 7) is 2.57. The number of aliphatic hydroxyl groups excluding tert-OH is 1. The van der Waals surface area contributed by atoms with Crippen LogP contribution in [0, 0.1) is 0 Å². The Bertz CT molecular complexity index is 717. The number of aliphatic hydroxyl groups is 1. The van der Waals surface area contributed by atoms with Gasteiger partial charge in [-0.05, 0) is 13.8 Å². The Morgan fingerprint density at radius 2 is 2.00 bits per heavy atom. The summed E-state index contributed by atoms with van der Waals surface area (Å²) in [6.07, 6.45) is 2.47. The summed E-state index contributed by atoms with van der Waals surface area (Å²) in [5.41, 5.74) is -0.194. The lowest BCUT2D eigenvalue weighted by atomic mass is 10.1. The van der Waals surface area contributed by atoms with Crippen LogP contribution in [0.5, 0.6) is 0 Å². The van der Waals surface area contributed by atoms with E-state index in [4.69, 9.17) is 5.11 Å². The molecule has 2 aromatic rings. The summed E-state index contributed by atoms with van der Waals surface area (Å²) in [4.78, 5) is 39.4. The van der Waals surface area contributed by atoms with E-state index in [0.717, 1.165) is 10.9 Å². The van der Waals surface area contributed by atoms with Gasteiger partial charge in [0.15, 0.2) is 23.3 Å². The van der Waals surface area contributed by atoms with Gasteiger partial charge in [0.2, 0.25) is 0 Å². The van der Waals surface area contributed by atoms with Gasteiger partial charge in [0.25, 0.3) is 5.56 Å². The van der Waals surface area contributed by atoms with E-state index < -0.39 is 23.2 Å². The van der Waals surface area contributed by atoms with E-state index in [-0.39, 0.29) is 18.5 Å². The number of Topliss-reactive ketones (excluding diaryl/α,β-unsaturated/α-hetero) is 2. The first-order valence-corrected chi connectivity index (χ1v) is 6.01. The summed E-state index contributed by atoms with van der Waals surface area (Å²) < 4.78 is 2.40. The number of aromatic nitrogens is 4. The molecule has 0 bridgehead atoms. The van der Waals surface area contributed by atoms with E-state index in [2.05, 4.69) is 10.1 Å². The van der Waals surface area contributed by atoms with Crippen molar-refractivity contribution >= 4 is 22.6 Å². The Balaban J connectivity index is 2.63. The summed E-state index contributed by atoms with van der Waals surface area (Å²) >= 11 is 0. The number of fused-ring (bicyclic) bond motifs is 1. The lowest BCUT2D eigenvalue weighted by Gasteiger charge is -2.13. The molecule has 0 aliphatic rings. The second-order valence-electron chi connectivity index (χ2n) is 4.41. The minimum Gasteiger partial charge on any atom is -0.394 e. The molecular formula is C12H14N4O4. The van der Waals surface area contributed by atoms with Crippen LogP contribution in [0.25, 0.3) is 11.0 Å². The van der Waals surface area contributed by atoms with Gasteiger partial charge in [-0.2, -0.15) is 5.10 Å². The molecule has 2 rings (SSSR count). The van der Waals surface area contributed by atoms with Gasteiger partial charge in [0, 0.05) is 0 Å². The minimum atomic E-state index is -1.17. The van der Waals surface area contributed by atoms with Crippen LogP contribution in [0.3, 0.4) is 0 Å². The number of nitrogens with zero attached hydrogens (tertiary/aromatic N) is 4. The molecule has 0 atom stereocenters. The number of rotatable bonds is 5. The molecule has 0 unspecified atom stereocenters. The highest BCUT2D eigenvalue weighted by Crippen LogP contribution is 2.10. The molecule has 0 amide bonds. The fourth-order valence-electron chi connectivity index (χ4n) is 2.09. The smallest absolute Gasteiger partial charge is 0.265 e. The molecule has 0 saturated carbocycles. The number of ketones is 2. The highest BCUT2D eigenvalue weighted by molar-refractivity contribution is 6.02. The molecule has 0 aliphatic carbocycles. The van der Waals surface area contributed by atoms with Crippen molar-refractivity contribution in [1.29, 1.82) is 0 Å². The van der Waals surface area contributed by atoms with E-state index in [1.54, 1.807) is 0 Å². The van der Waals surface area contributed by atoms with Gasteiger partial charge in [-0.1, -0.05) is 0 Å². The molecule has 0 aliphatic heterocycles. The quantitative estimate of drug-likeness (QED) is 0.725. The zero-order chi connectivity index (χ0) is 14.9. The Kier molecular flexibility index (Phi) is 3.75. The lowest BCUT2D eigenvalue weighted by molar-refractivity contribution is -0.129. The molecule has 106 valence electrons. The van der Waals surface area contributed by atoms with Crippen molar-refractivity contribution in [2.45, 2.75) is 26.4 Å². The van der Waals surface area contributed by atoms with Gasteiger partial charge >= 0.3 is 0 Å². The number of carbonyl (C=O) groups is 2. The predicted molar refractivity (Wildman–Crippen MR) is 69.3 cm³/mol. The Morgan fingerprint density at radius 3 is 2.55 bits per heavy atom. The molecule has 0 radical (unpaired) electrons. The third-order valence-electron chi connectivity index (χ3n) is 2.94. The first-order chi connectivity index (χ1) is 9.47. The second kappa shape index (κ2) is 5.33. The number of hydrogen-bond acceptors (Lipinski definition) is 6. The topological polar surface area (TPSA) is 107 Å². The van der Waals surface area contributed by atoms with Crippen LogP contribution in [-0.4, -0.2) is 42.6 Å². The van der Waals surface area contributed by atoms with Crippen molar-refractivity contribution in [2.24, 2.45) is 0 Å². The Hall–Kier alpha value is -2.35. The summed E-state index contributed by atoms with van der Waals surface area (Å²) in [5, 5.41) is 13.0. The Labute approximate surface area is 113 Å². The third-order valence-corrected chi connectivity index (χ3v) is 2.94. The molecule has 1 N–H and O–H groups in total. The van der Waals surface area contributed by atoms with Crippen molar-refractivity contribution in [3.63, 3.8) is 0 Å². The van der Waals surface area contributed by atoms with E-state index in [9.17, 15) is 14.4 Å². The summed E-state index contributed by atoms with van der Waals surface area (Å²) in [5.74, 6) is -0.855. The van der Waals surface area contributed by atoms with Crippen LogP contribution in [0.2, 0.25) is 0 Å². The van der Waals surface area contributed by atoms with Gasteiger partial charge in [-0.25, -0.2) is 9.67 Å². The minimum absolute atomic E-state index is 0.134. The average molecular weight is 278 g/mol. The monoisotopic (exact) mass is 278 g/mol. The highest BCUT2D eigenvalue weighted by atomic mass is 16.3. The summed E-state index contributed by atoms with van der Waals surface area (Å²) in [6, 6.07) is -1.17. The maximum atomic E-state index is 12.3. The SMILES string of the molecule is CC(=O)C(C(C)=O)n1cnc2c(cnn2CCO)c1=O. The van der Waals surface area contributed by atoms with Crippen molar-refractivity contribution in [3.8, 4) is 0 Å². The fourth-order valence-corrected chi connectivity index (χ4v) is 2.09. The summed E-state index contributed by atoms with van der Waals surface area (Å²) in [7, 11) is 0. The molecule has 0 fully saturated rings. The third kappa shape index (κ3) is 2.25. The van der Waals surface area contributed by atoms with E-state index in [1.807, 2.05) is 0 Å². The molecule has 8 heteroatoms. The molecule has 20 heavy (non-hydrogen) atoms. The standard InChI is InChI=1S/C12H14N4O4/c1-7(18)10(8(2)19)15-6-13-11-9(12(15)20)5-14-16(11)3-4-17/h5-6,10,17H,3-4H2,1-2H3. The fraction of sp³-hybridized carbons (Fsp3) is 0.417. The average Bonchev–Trinajstić information content (AvgIpc) is 2.76. The first kappa shape index (κ1) is 14.1. The maximum absolute atomic E-state index is 12.3. The largest absolute Gasteiger partial charge is 0.394 e. The van der Waals surface area contributed by atoms with Crippen LogP contribution in [0.1, 0.15) is 19.9 Å². The Morgan fingerprint density at radius 1 is 1.35 bits per heavy atom. The first-order valence-electron chi connectivity index (χ1n) is 6.01. The molecular weight excluding hydrogens is 264 g/mol. The highest BCUT2D eigenvalue weighted by Gasteiger charge is 2.24.